The first-order valence-electron chi connectivity index (χ1n) is 6.15. The molecule has 15 heavy (non-hydrogen) atoms. The van der Waals surface area contributed by atoms with Crippen LogP contribution in [0.15, 0.2) is 4.99 Å². The first-order valence-corrected chi connectivity index (χ1v) is 6.15. The molecule has 0 aromatic heterocycles. The van der Waals surface area contributed by atoms with Gasteiger partial charge < -0.3 is 10.1 Å². The summed E-state index contributed by atoms with van der Waals surface area (Å²) in [6, 6.07) is 0.639. The monoisotopic (exact) mass is 210 g/mol. The zero-order valence-corrected chi connectivity index (χ0v) is 9.60. The van der Waals surface area contributed by atoms with E-state index in [1.807, 2.05) is 7.05 Å². The molecule has 0 bridgehead atoms. The van der Waals surface area contributed by atoms with Crippen molar-refractivity contribution in [2.24, 2.45) is 10.9 Å². The van der Waals surface area contributed by atoms with E-state index in [-0.39, 0.29) is 6.10 Å². The van der Waals surface area contributed by atoms with Crippen molar-refractivity contribution in [1.29, 1.82) is 0 Å². The second kappa shape index (κ2) is 5.08. The average molecular weight is 210 g/mol. The van der Waals surface area contributed by atoms with Gasteiger partial charge in [0.1, 0.15) is 0 Å². The van der Waals surface area contributed by atoms with Gasteiger partial charge in [-0.05, 0) is 19.3 Å². The van der Waals surface area contributed by atoms with Crippen LogP contribution < -0.4 is 0 Å². The Bertz CT molecular complexity index is 230. The molecule has 3 heteroatoms. The van der Waals surface area contributed by atoms with Crippen LogP contribution in [0.25, 0.3) is 0 Å². The molecule has 1 heterocycles. The summed E-state index contributed by atoms with van der Waals surface area (Å²) in [5.41, 5.74) is 0. The average Bonchev–Trinajstić information content (AvgIpc) is 2.66. The number of hydrogen-bond acceptors (Lipinski definition) is 3. The highest BCUT2D eigenvalue weighted by Crippen LogP contribution is 2.29. The highest BCUT2D eigenvalue weighted by molar-refractivity contribution is 5.61. The number of hydrogen-bond donors (Lipinski definition) is 1. The molecule has 2 aliphatic rings. The molecule has 3 nitrogen and oxygen atoms in total. The summed E-state index contributed by atoms with van der Waals surface area (Å²) in [5, 5.41) is 9.57. The first kappa shape index (κ1) is 11.1. The molecular weight excluding hydrogens is 188 g/mol. The fraction of sp³-hybridized carbons (Fsp3) is 0.917. The third-order valence-electron chi connectivity index (χ3n) is 3.79. The first-order chi connectivity index (χ1) is 7.31. The van der Waals surface area contributed by atoms with Crippen molar-refractivity contribution in [1.82, 2.24) is 4.90 Å². The maximum atomic E-state index is 9.57. The molecule has 2 fully saturated rings. The van der Waals surface area contributed by atoms with Crippen LogP contribution in [0, 0.1) is 5.92 Å². The largest absolute Gasteiger partial charge is 0.392 e. The number of aliphatic hydroxyl groups excluding tert-OH is 1. The molecule has 0 amide bonds. The number of rotatable bonds is 2. The molecular formula is C12H22N2O. The molecule has 1 saturated carbocycles. The van der Waals surface area contributed by atoms with Gasteiger partial charge in [0.2, 0.25) is 0 Å². The summed E-state index contributed by atoms with van der Waals surface area (Å²) in [5.74, 6) is 0.619. The summed E-state index contributed by atoms with van der Waals surface area (Å²) >= 11 is 0. The molecule has 86 valence electrons. The molecule has 1 saturated heterocycles. The molecule has 0 radical (unpaired) electrons. The van der Waals surface area contributed by atoms with Crippen molar-refractivity contribution >= 4 is 6.21 Å². The fourth-order valence-corrected chi connectivity index (χ4v) is 3.03. The van der Waals surface area contributed by atoms with Crippen LogP contribution in [0.5, 0.6) is 0 Å². The highest BCUT2D eigenvalue weighted by atomic mass is 16.3. The van der Waals surface area contributed by atoms with E-state index in [2.05, 4.69) is 16.1 Å². The lowest BCUT2D eigenvalue weighted by atomic mass is 9.84. The SMILES string of the molecule is CN=CC1CCCC[C@@H]1N1CCC(O)C1. The summed E-state index contributed by atoms with van der Waals surface area (Å²) in [6.45, 7) is 1.94. The normalized spacial score (nSPS) is 38.9. The lowest BCUT2D eigenvalue weighted by Crippen LogP contribution is -2.42. The van der Waals surface area contributed by atoms with E-state index in [0.717, 1.165) is 19.5 Å². The van der Waals surface area contributed by atoms with E-state index in [4.69, 9.17) is 0 Å². The molecule has 1 aliphatic carbocycles. The molecule has 0 spiro atoms. The minimum absolute atomic E-state index is 0.0915. The maximum absolute atomic E-state index is 9.57. The molecule has 1 aliphatic heterocycles. The van der Waals surface area contributed by atoms with Gasteiger partial charge in [-0.2, -0.15) is 0 Å². The third kappa shape index (κ3) is 2.58. The van der Waals surface area contributed by atoms with Crippen LogP contribution in [0.2, 0.25) is 0 Å². The van der Waals surface area contributed by atoms with E-state index in [1.54, 1.807) is 0 Å². The van der Waals surface area contributed by atoms with Crippen molar-refractivity contribution in [3.05, 3.63) is 0 Å². The number of aliphatic hydroxyl groups is 1. The zero-order chi connectivity index (χ0) is 10.7. The molecule has 2 unspecified atom stereocenters. The predicted octanol–water partition coefficient (Wildman–Crippen LogP) is 1.31. The van der Waals surface area contributed by atoms with Gasteiger partial charge >= 0.3 is 0 Å². The minimum atomic E-state index is -0.0915. The Kier molecular flexibility index (Phi) is 3.76. The van der Waals surface area contributed by atoms with E-state index in [9.17, 15) is 5.11 Å². The summed E-state index contributed by atoms with van der Waals surface area (Å²) in [4.78, 5) is 6.65. The Morgan fingerprint density at radius 2 is 2.07 bits per heavy atom. The van der Waals surface area contributed by atoms with Gasteiger partial charge in [-0.3, -0.25) is 4.90 Å². The van der Waals surface area contributed by atoms with E-state index in [1.165, 1.54) is 25.7 Å². The molecule has 0 aromatic rings. The van der Waals surface area contributed by atoms with Crippen molar-refractivity contribution < 1.29 is 5.11 Å². The molecule has 3 atom stereocenters. The van der Waals surface area contributed by atoms with Crippen LogP contribution in [0.1, 0.15) is 32.1 Å². The van der Waals surface area contributed by atoms with Crippen LogP contribution >= 0.6 is 0 Å². The Balaban J connectivity index is 1.98. The lowest BCUT2D eigenvalue weighted by molar-refractivity contribution is 0.128. The van der Waals surface area contributed by atoms with E-state index < -0.39 is 0 Å². The van der Waals surface area contributed by atoms with Gasteiger partial charge in [-0.1, -0.05) is 12.8 Å². The van der Waals surface area contributed by atoms with Crippen molar-refractivity contribution in [3.8, 4) is 0 Å². The van der Waals surface area contributed by atoms with Gasteiger partial charge in [0.25, 0.3) is 0 Å². The van der Waals surface area contributed by atoms with Gasteiger partial charge in [-0.15, -0.1) is 0 Å². The molecule has 1 N–H and O–H groups in total. The fourth-order valence-electron chi connectivity index (χ4n) is 3.03. The minimum Gasteiger partial charge on any atom is -0.392 e. The van der Waals surface area contributed by atoms with Crippen LogP contribution in [0.4, 0.5) is 0 Å². The quantitative estimate of drug-likeness (QED) is 0.698. The Morgan fingerprint density at radius 3 is 2.73 bits per heavy atom. The molecule has 2 rings (SSSR count). The Hall–Kier alpha value is -0.410. The van der Waals surface area contributed by atoms with E-state index in [0.29, 0.717) is 12.0 Å². The summed E-state index contributed by atoms with van der Waals surface area (Å²) in [7, 11) is 1.87. The second-order valence-corrected chi connectivity index (χ2v) is 4.86. The lowest BCUT2D eigenvalue weighted by Gasteiger charge is -2.36. The predicted molar refractivity (Wildman–Crippen MR) is 62.4 cm³/mol. The van der Waals surface area contributed by atoms with Crippen LogP contribution in [-0.2, 0) is 0 Å². The van der Waals surface area contributed by atoms with Gasteiger partial charge in [0.15, 0.2) is 0 Å². The number of nitrogens with zero attached hydrogens (tertiary/aromatic N) is 2. The smallest absolute Gasteiger partial charge is 0.0679 e. The van der Waals surface area contributed by atoms with Crippen molar-refractivity contribution in [3.63, 3.8) is 0 Å². The van der Waals surface area contributed by atoms with Gasteiger partial charge in [0.05, 0.1) is 6.10 Å². The van der Waals surface area contributed by atoms with E-state index >= 15 is 0 Å². The van der Waals surface area contributed by atoms with Crippen molar-refractivity contribution in [2.75, 3.05) is 20.1 Å². The Morgan fingerprint density at radius 1 is 1.27 bits per heavy atom. The maximum Gasteiger partial charge on any atom is 0.0679 e. The number of aliphatic imine (C=N–C) groups is 1. The summed E-state index contributed by atoms with van der Waals surface area (Å²) in [6.07, 6.45) is 8.21. The van der Waals surface area contributed by atoms with Crippen molar-refractivity contribution in [2.45, 2.75) is 44.2 Å². The summed E-state index contributed by atoms with van der Waals surface area (Å²) < 4.78 is 0. The van der Waals surface area contributed by atoms with Crippen LogP contribution in [-0.4, -0.2) is 48.5 Å². The number of likely N-dealkylation sites (tertiary alicyclic amines) is 1. The topological polar surface area (TPSA) is 35.8 Å². The standard InChI is InChI=1S/C12H22N2O/c1-13-8-10-4-2-3-5-12(10)14-7-6-11(15)9-14/h8,10-12,15H,2-7,9H2,1H3/t10?,11?,12-/m0/s1. The molecule has 0 aromatic carbocycles. The number of β-amino-alcohol motifs (C(OH)–C–C–N with tert-alkyl or cyclic N) is 1. The zero-order valence-electron chi connectivity index (χ0n) is 9.60. The highest BCUT2D eigenvalue weighted by Gasteiger charge is 2.32. The Labute approximate surface area is 92.2 Å². The second-order valence-electron chi connectivity index (χ2n) is 4.86. The van der Waals surface area contributed by atoms with Gasteiger partial charge in [0, 0.05) is 38.3 Å². The van der Waals surface area contributed by atoms with Gasteiger partial charge in [-0.25, -0.2) is 0 Å². The van der Waals surface area contributed by atoms with Crippen LogP contribution in [0.3, 0.4) is 0 Å². The third-order valence-corrected chi connectivity index (χ3v) is 3.79.